The molecule has 6 nitrogen and oxygen atoms in total. The first-order valence-corrected chi connectivity index (χ1v) is 9.60. The first-order valence-electron chi connectivity index (χ1n) is 8.78. The van der Waals surface area contributed by atoms with E-state index in [-0.39, 0.29) is 12.5 Å². The van der Waals surface area contributed by atoms with Crippen LogP contribution in [0.15, 0.2) is 66.7 Å². The molecule has 0 radical (unpaired) electrons. The Morgan fingerprint density at radius 1 is 1.07 bits per heavy atom. The summed E-state index contributed by atoms with van der Waals surface area (Å²) in [6.07, 6.45) is 3.23. The van der Waals surface area contributed by atoms with Crippen molar-refractivity contribution in [1.82, 2.24) is 0 Å². The number of carbonyl (C=O) groups is 2. The summed E-state index contributed by atoms with van der Waals surface area (Å²) in [6.45, 7) is -0.282. The summed E-state index contributed by atoms with van der Waals surface area (Å²) in [6, 6.07) is 19.0. The molecule has 7 heteroatoms. The Hall–Kier alpha value is -3.58. The van der Waals surface area contributed by atoms with Gasteiger partial charge in [-0.1, -0.05) is 30.3 Å². The second kappa shape index (κ2) is 9.57. The molecule has 0 bridgehead atoms. The monoisotopic (exact) mass is 408 g/mol. The second-order valence-electron chi connectivity index (χ2n) is 6.01. The van der Waals surface area contributed by atoms with Crippen molar-refractivity contribution >= 4 is 34.9 Å². The molecular formula is C22H20N2O4S. The van der Waals surface area contributed by atoms with E-state index in [1.165, 1.54) is 13.2 Å². The van der Waals surface area contributed by atoms with Crippen LogP contribution in [-0.4, -0.2) is 25.5 Å². The van der Waals surface area contributed by atoms with Crippen LogP contribution in [-0.2, 0) is 9.59 Å². The molecule has 0 aliphatic heterocycles. The van der Waals surface area contributed by atoms with Crippen LogP contribution < -0.4 is 20.5 Å². The molecule has 0 aliphatic carbocycles. The lowest BCUT2D eigenvalue weighted by Gasteiger charge is -2.11. The van der Waals surface area contributed by atoms with Gasteiger partial charge in [-0.15, -0.1) is 11.3 Å². The quantitative estimate of drug-likeness (QED) is 0.553. The molecule has 0 fully saturated rings. The van der Waals surface area contributed by atoms with Crippen LogP contribution in [0.25, 0.3) is 16.5 Å². The van der Waals surface area contributed by atoms with Crippen molar-refractivity contribution in [3.63, 3.8) is 0 Å². The van der Waals surface area contributed by atoms with E-state index in [0.29, 0.717) is 17.2 Å². The Labute approximate surface area is 172 Å². The molecule has 0 unspecified atom stereocenters. The number of amides is 2. The number of hydrogen-bond acceptors (Lipinski definition) is 5. The fourth-order valence-corrected chi connectivity index (χ4v) is 3.47. The molecule has 0 saturated carbocycles. The van der Waals surface area contributed by atoms with Gasteiger partial charge in [-0.05, 0) is 35.9 Å². The molecule has 0 saturated heterocycles. The second-order valence-corrected chi connectivity index (χ2v) is 7.13. The normalized spacial score (nSPS) is 10.7. The van der Waals surface area contributed by atoms with Gasteiger partial charge in [0.2, 0.25) is 5.91 Å². The van der Waals surface area contributed by atoms with Crippen molar-refractivity contribution in [3.05, 3.63) is 71.6 Å². The van der Waals surface area contributed by atoms with E-state index >= 15 is 0 Å². The molecule has 0 atom stereocenters. The first-order chi connectivity index (χ1) is 14.0. The van der Waals surface area contributed by atoms with Gasteiger partial charge in [0.1, 0.15) is 0 Å². The summed E-state index contributed by atoms with van der Waals surface area (Å²) < 4.78 is 10.5. The zero-order chi connectivity index (χ0) is 20.6. The summed E-state index contributed by atoms with van der Waals surface area (Å²) in [7, 11) is 1.48. The Morgan fingerprint density at radius 3 is 2.59 bits per heavy atom. The highest BCUT2D eigenvalue weighted by atomic mass is 32.1. The van der Waals surface area contributed by atoms with E-state index in [1.54, 1.807) is 35.6 Å². The van der Waals surface area contributed by atoms with Crippen molar-refractivity contribution in [1.29, 1.82) is 0 Å². The molecule has 0 spiro atoms. The van der Waals surface area contributed by atoms with Crippen LogP contribution in [0, 0.1) is 0 Å². The van der Waals surface area contributed by atoms with Crippen LogP contribution in [0.1, 0.15) is 4.88 Å². The van der Waals surface area contributed by atoms with E-state index in [9.17, 15) is 9.59 Å². The van der Waals surface area contributed by atoms with E-state index in [0.717, 1.165) is 15.3 Å². The maximum atomic E-state index is 12.3. The summed E-state index contributed by atoms with van der Waals surface area (Å²) in [5.74, 6) is -0.133. The third kappa shape index (κ3) is 5.70. The predicted octanol–water partition coefficient (Wildman–Crippen LogP) is 3.94. The van der Waals surface area contributed by atoms with Gasteiger partial charge in [-0.2, -0.15) is 0 Å². The fourth-order valence-electron chi connectivity index (χ4n) is 2.56. The van der Waals surface area contributed by atoms with Crippen LogP contribution in [0.3, 0.4) is 0 Å². The van der Waals surface area contributed by atoms with Crippen molar-refractivity contribution in [2.24, 2.45) is 5.73 Å². The lowest BCUT2D eigenvalue weighted by atomic mass is 10.2. The summed E-state index contributed by atoms with van der Waals surface area (Å²) in [5.41, 5.74) is 6.75. The SMILES string of the molecule is COc1ccc(NC(=O)/C=C/c2ccc(-c3ccccc3)s2)cc1OCC(N)=O. The van der Waals surface area contributed by atoms with E-state index < -0.39 is 5.91 Å². The van der Waals surface area contributed by atoms with Crippen LogP contribution in [0.4, 0.5) is 5.69 Å². The minimum Gasteiger partial charge on any atom is -0.493 e. The zero-order valence-electron chi connectivity index (χ0n) is 15.8. The Balaban J connectivity index is 1.65. The molecule has 0 aliphatic rings. The number of rotatable bonds is 8. The van der Waals surface area contributed by atoms with Crippen molar-refractivity contribution in [2.75, 3.05) is 19.0 Å². The van der Waals surface area contributed by atoms with E-state index in [1.807, 2.05) is 42.5 Å². The topological polar surface area (TPSA) is 90.7 Å². The molecule has 1 aromatic heterocycles. The largest absolute Gasteiger partial charge is 0.493 e. The molecule has 2 amide bonds. The molecule has 3 N–H and O–H groups in total. The average Bonchev–Trinajstić information content (AvgIpc) is 3.20. The minimum absolute atomic E-state index is 0.282. The minimum atomic E-state index is -0.602. The van der Waals surface area contributed by atoms with Crippen molar-refractivity contribution in [3.8, 4) is 21.9 Å². The van der Waals surface area contributed by atoms with Crippen LogP contribution in [0.5, 0.6) is 11.5 Å². The molecule has 1 heterocycles. The third-order valence-electron chi connectivity index (χ3n) is 3.89. The highest BCUT2D eigenvalue weighted by Gasteiger charge is 2.09. The summed E-state index contributed by atoms with van der Waals surface area (Å²) >= 11 is 1.60. The lowest BCUT2D eigenvalue weighted by molar-refractivity contribution is -0.120. The van der Waals surface area contributed by atoms with E-state index in [2.05, 4.69) is 5.32 Å². The number of methoxy groups -OCH3 is 1. The number of benzene rings is 2. The van der Waals surface area contributed by atoms with Crippen LogP contribution in [0.2, 0.25) is 0 Å². The Morgan fingerprint density at radius 2 is 1.86 bits per heavy atom. The fraction of sp³-hybridized carbons (Fsp3) is 0.0909. The number of anilines is 1. The van der Waals surface area contributed by atoms with Crippen molar-refractivity contribution < 1.29 is 19.1 Å². The summed E-state index contributed by atoms with van der Waals surface area (Å²) in [4.78, 5) is 25.3. The molecule has 2 aromatic carbocycles. The maximum absolute atomic E-state index is 12.3. The maximum Gasteiger partial charge on any atom is 0.255 e. The standard InChI is InChI=1S/C22H20N2O4S/c1-27-18-10-7-16(13-19(18)28-14-21(23)25)24-22(26)12-9-17-8-11-20(29-17)15-5-3-2-4-6-15/h2-13H,14H2,1H3,(H2,23,25)(H,24,26)/b12-9+. The van der Waals surface area contributed by atoms with Gasteiger partial charge in [0, 0.05) is 27.6 Å². The lowest BCUT2D eigenvalue weighted by Crippen LogP contribution is -2.20. The number of carbonyl (C=O) groups excluding carboxylic acids is 2. The molecule has 3 aromatic rings. The smallest absolute Gasteiger partial charge is 0.255 e. The zero-order valence-corrected chi connectivity index (χ0v) is 16.6. The highest BCUT2D eigenvalue weighted by Crippen LogP contribution is 2.31. The van der Waals surface area contributed by atoms with E-state index in [4.69, 9.17) is 15.2 Å². The molecule has 3 rings (SSSR count). The molecule has 29 heavy (non-hydrogen) atoms. The van der Waals surface area contributed by atoms with Gasteiger partial charge in [-0.25, -0.2) is 0 Å². The van der Waals surface area contributed by atoms with Gasteiger partial charge in [0.05, 0.1) is 7.11 Å². The van der Waals surface area contributed by atoms with Gasteiger partial charge < -0.3 is 20.5 Å². The number of primary amides is 1. The summed E-state index contributed by atoms with van der Waals surface area (Å²) in [5, 5.41) is 2.76. The van der Waals surface area contributed by atoms with Crippen LogP contribution >= 0.6 is 11.3 Å². The van der Waals surface area contributed by atoms with Gasteiger partial charge >= 0.3 is 0 Å². The van der Waals surface area contributed by atoms with Gasteiger partial charge in [0.15, 0.2) is 18.1 Å². The van der Waals surface area contributed by atoms with Gasteiger partial charge in [-0.3, -0.25) is 9.59 Å². The molecule has 148 valence electrons. The van der Waals surface area contributed by atoms with Crippen molar-refractivity contribution in [2.45, 2.75) is 0 Å². The number of nitrogens with two attached hydrogens (primary N) is 1. The Bertz CT molecular complexity index is 1030. The number of nitrogens with one attached hydrogen (secondary N) is 1. The number of hydrogen-bond donors (Lipinski definition) is 2. The number of thiophene rings is 1. The Kier molecular flexibility index (Phi) is 6.65. The number of ether oxygens (including phenoxy) is 2. The third-order valence-corrected chi connectivity index (χ3v) is 4.98. The first kappa shape index (κ1) is 20.2. The average molecular weight is 408 g/mol. The predicted molar refractivity (Wildman–Crippen MR) is 115 cm³/mol. The van der Waals surface area contributed by atoms with Gasteiger partial charge in [0.25, 0.3) is 5.91 Å². The molecular weight excluding hydrogens is 388 g/mol. The highest BCUT2D eigenvalue weighted by molar-refractivity contribution is 7.16.